The van der Waals surface area contributed by atoms with Crippen LogP contribution in [-0.2, 0) is 16.8 Å². The van der Waals surface area contributed by atoms with E-state index in [0.29, 0.717) is 11.4 Å². The molecule has 0 bridgehead atoms. The van der Waals surface area contributed by atoms with Crippen LogP contribution in [0.5, 0.6) is 5.75 Å². The first kappa shape index (κ1) is 30.1. The number of carbonyl (C=O) groups is 1. The second-order valence-corrected chi connectivity index (χ2v) is 13.5. The monoisotopic (exact) mass is 601 g/mol. The van der Waals surface area contributed by atoms with Crippen LogP contribution >= 0.6 is 23.4 Å². The summed E-state index contributed by atoms with van der Waals surface area (Å²) in [6, 6.07) is 23.4. The fraction of sp³-hybridized carbons (Fsp3) is 0.314. The summed E-state index contributed by atoms with van der Waals surface area (Å²) in [7, 11) is 0. The number of rotatable bonds is 12. The van der Waals surface area contributed by atoms with Gasteiger partial charge in [0.25, 0.3) is 0 Å². The lowest BCUT2D eigenvalue weighted by Crippen LogP contribution is -2.18. The molecule has 5 rings (SSSR count). The summed E-state index contributed by atoms with van der Waals surface area (Å²) < 4.78 is 0. The van der Waals surface area contributed by atoms with Gasteiger partial charge >= 0.3 is 5.97 Å². The molecule has 7 heteroatoms. The van der Waals surface area contributed by atoms with Crippen LogP contribution < -0.4 is 0 Å². The molecular formula is C35H36ClNO4S. The summed E-state index contributed by atoms with van der Waals surface area (Å²) in [5, 5.41) is 32.1. The van der Waals surface area contributed by atoms with Crippen LogP contribution in [0.15, 0.2) is 72.8 Å². The van der Waals surface area contributed by atoms with Crippen LogP contribution in [0, 0.1) is 5.41 Å². The molecular weight excluding hydrogens is 566 g/mol. The Morgan fingerprint density at radius 3 is 2.60 bits per heavy atom. The summed E-state index contributed by atoms with van der Waals surface area (Å²) in [4.78, 5) is 16.2. The number of thioether (sulfide) groups is 1. The van der Waals surface area contributed by atoms with Gasteiger partial charge in [-0.3, -0.25) is 4.79 Å². The van der Waals surface area contributed by atoms with Gasteiger partial charge in [-0.2, -0.15) is 11.8 Å². The Kier molecular flexibility index (Phi) is 8.97. The lowest BCUT2D eigenvalue weighted by molar-refractivity contribution is -0.138. The Morgan fingerprint density at radius 2 is 1.86 bits per heavy atom. The average molecular weight is 602 g/mol. The van der Waals surface area contributed by atoms with Crippen LogP contribution in [0.4, 0.5) is 0 Å². The molecule has 0 amide bonds. The Hall–Kier alpha value is -3.32. The topological polar surface area (TPSA) is 90.7 Å². The highest BCUT2D eigenvalue weighted by Crippen LogP contribution is 2.53. The lowest BCUT2D eigenvalue weighted by atomic mass is 9.90. The van der Waals surface area contributed by atoms with E-state index >= 15 is 0 Å². The van der Waals surface area contributed by atoms with Crippen molar-refractivity contribution in [3.8, 4) is 5.75 Å². The molecule has 0 spiro atoms. The minimum absolute atomic E-state index is 0.117. The molecule has 0 saturated heterocycles. The highest BCUT2D eigenvalue weighted by molar-refractivity contribution is 7.99. The molecule has 4 aromatic rings. The van der Waals surface area contributed by atoms with Gasteiger partial charge in [0.1, 0.15) is 5.75 Å². The summed E-state index contributed by atoms with van der Waals surface area (Å²) in [6.07, 6.45) is 7.69. The number of benzene rings is 3. The molecule has 0 aliphatic heterocycles. The van der Waals surface area contributed by atoms with E-state index in [1.165, 1.54) is 5.56 Å². The van der Waals surface area contributed by atoms with Gasteiger partial charge in [-0.1, -0.05) is 60.1 Å². The number of carboxylic acid groups (broad SMARTS) is 1. The molecule has 0 radical (unpaired) electrons. The fourth-order valence-corrected chi connectivity index (χ4v) is 7.11. The van der Waals surface area contributed by atoms with E-state index in [1.807, 2.05) is 54.2 Å². The van der Waals surface area contributed by atoms with Gasteiger partial charge in [0.05, 0.1) is 23.2 Å². The van der Waals surface area contributed by atoms with Gasteiger partial charge < -0.3 is 15.3 Å². The fourth-order valence-electron chi connectivity index (χ4n) is 5.38. The largest absolute Gasteiger partial charge is 0.508 e. The van der Waals surface area contributed by atoms with Crippen LogP contribution in [0.1, 0.15) is 72.7 Å². The highest BCUT2D eigenvalue weighted by atomic mass is 35.5. The number of hydrogen-bond acceptors (Lipinski definition) is 5. The molecule has 1 fully saturated rings. The Labute approximate surface area is 256 Å². The molecule has 1 aliphatic rings. The maximum absolute atomic E-state index is 11.5. The minimum Gasteiger partial charge on any atom is -0.508 e. The van der Waals surface area contributed by atoms with E-state index < -0.39 is 11.6 Å². The van der Waals surface area contributed by atoms with E-state index in [-0.39, 0.29) is 22.8 Å². The molecule has 3 aromatic carbocycles. The van der Waals surface area contributed by atoms with Crippen molar-refractivity contribution in [1.82, 2.24) is 4.98 Å². The Morgan fingerprint density at radius 1 is 1.07 bits per heavy atom. The Balaban J connectivity index is 1.38. The molecule has 1 aromatic heterocycles. The van der Waals surface area contributed by atoms with E-state index in [1.54, 1.807) is 26.0 Å². The normalized spacial score (nSPS) is 15.2. The molecule has 0 unspecified atom stereocenters. The smallest absolute Gasteiger partial charge is 0.303 e. The van der Waals surface area contributed by atoms with Gasteiger partial charge in [0, 0.05) is 21.4 Å². The van der Waals surface area contributed by atoms with E-state index in [4.69, 9.17) is 16.6 Å². The maximum atomic E-state index is 11.5. The summed E-state index contributed by atoms with van der Waals surface area (Å²) >= 11 is 7.99. The third-order valence-corrected chi connectivity index (χ3v) is 9.83. The van der Waals surface area contributed by atoms with E-state index in [0.717, 1.165) is 58.3 Å². The van der Waals surface area contributed by atoms with Gasteiger partial charge in [-0.05, 0) is 104 Å². The second-order valence-electron chi connectivity index (χ2n) is 11.9. The number of fused-ring (bicyclic) bond motifs is 1. The number of halogens is 1. The number of pyridine rings is 1. The first-order valence-corrected chi connectivity index (χ1v) is 15.6. The molecule has 42 heavy (non-hydrogen) atoms. The van der Waals surface area contributed by atoms with Gasteiger partial charge in [-0.15, -0.1) is 0 Å². The molecule has 1 heterocycles. The van der Waals surface area contributed by atoms with Crippen molar-refractivity contribution in [1.29, 1.82) is 0 Å². The average Bonchev–Trinajstić information content (AvgIpc) is 3.70. The third-order valence-electron chi connectivity index (χ3n) is 7.91. The summed E-state index contributed by atoms with van der Waals surface area (Å²) in [5.74, 6) is 0.191. The number of hydrogen-bond donors (Lipinski definition) is 3. The van der Waals surface area contributed by atoms with Crippen LogP contribution in [0.25, 0.3) is 23.1 Å². The Bertz CT molecular complexity index is 1620. The van der Waals surface area contributed by atoms with Crippen molar-refractivity contribution in [3.05, 3.63) is 106 Å². The van der Waals surface area contributed by atoms with Gasteiger partial charge in [0.15, 0.2) is 0 Å². The maximum Gasteiger partial charge on any atom is 0.303 e. The number of aliphatic hydroxyl groups is 1. The zero-order chi connectivity index (χ0) is 29.9. The molecule has 3 N–H and O–H groups in total. The van der Waals surface area contributed by atoms with Crippen molar-refractivity contribution in [3.63, 3.8) is 0 Å². The van der Waals surface area contributed by atoms with Crippen molar-refractivity contribution in [2.45, 2.75) is 56.8 Å². The van der Waals surface area contributed by atoms with Crippen LogP contribution in [-0.4, -0.2) is 32.0 Å². The van der Waals surface area contributed by atoms with Crippen molar-refractivity contribution in [2.75, 3.05) is 5.75 Å². The quantitative estimate of drug-likeness (QED) is 0.150. The lowest BCUT2D eigenvalue weighted by Gasteiger charge is -2.24. The second kappa shape index (κ2) is 12.5. The SMILES string of the molecule is CC(C)(O)c1cc(O)ccc1CC[C@H](SCC1(CC(=O)O)CC1)c1cccc(/C=C/c2ccc3ccc(Cl)cc3n2)c1. The number of carboxylic acids is 1. The molecule has 218 valence electrons. The highest BCUT2D eigenvalue weighted by Gasteiger charge is 2.44. The minimum atomic E-state index is -1.08. The van der Waals surface area contributed by atoms with Crippen molar-refractivity contribution in [2.24, 2.45) is 5.41 Å². The predicted molar refractivity (Wildman–Crippen MR) is 173 cm³/mol. The number of aryl methyl sites for hydroxylation is 1. The third kappa shape index (κ3) is 7.74. The van der Waals surface area contributed by atoms with Crippen molar-refractivity contribution >= 4 is 52.4 Å². The molecule has 1 aliphatic carbocycles. The summed E-state index contributed by atoms with van der Waals surface area (Å²) in [5.41, 5.74) is 4.45. The van der Waals surface area contributed by atoms with Gasteiger partial charge in [-0.25, -0.2) is 4.98 Å². The van der Waals surface area contributed by atoms with Gasteiger partial charge in [0.2, 0.25) is 0 Å². The zero-order valence-electron chi connectivity index (χ0n) is 23.9. The number of aromatic nitrogens is 1. The van der Waals surface area contributed by atoms with Crippen LogP contribution in [0.3, 0.4) is 0 Å². The first-order chi connectivity index (χ1) is 20.0. The number of phenols is 1. The number of aliphatic carboxylic acids is 1. The first-order valence-electron chi connectivity index (χ1n) is 14.2. The number of aromatic hydroxyl groups is 1. The van der Waals surface area contributed by atoms with Crippen LogP contribution in [0.2, 0.25) is 5.02 Å². The predicted octanol–water partition coefficient (Wildman–Crippen LogP) is 8.65. The van der Waals surface area contributed by atoms with Crippen molar-refractivity contribution < 1.29 is 20.1 Å². The molecule has 5 nitrogen and oxygen atoms in total. The zero-order valence-corrected chi connectivity index (χ0v) is 25.5. The van der Waals surface area contributed by atoms with E-state index in [2.05, 4.69) is 30.3 Å². The summed E-state index contributed by atoms with van der Waals surface area (Å²) in [6.45, 7) is 3.46. The molecule has 1 atom stereocenters. The number of nitrogens with zero attached hydrogens (tertiary/aromatic N) is 1. The molecule has 1 saturated carbocycles. The van der Waals surface area contributed by atoms with E-state index in [9.17, 15) is 20.1 Å². The standard InChI is InChI=1S/C35H36ClNO4S/c1-34(2,41)30-20-29(38)14-9-24(30)10-15-32(42-22-35(16-17-35)21-33(39)40)26-5-3-4-23(18-26)6-12-28-13-8-25-7-11-27(36)19-31(25)37-28/h3-9,11-14,18-20,32,38,41H,10,15-17,21-22H2,1-2H3,(H,39,40)/b12-6+/t32-/m0/s1. The number of phenolic OH excluding ortho intramolecular Hbond substituents is 1.